The molecule has 5 nitrogen and oxygen atoms in total. The third-order valence-corrected chi connectivity index (χ3v) is 4.75. The molecule has 0 saturated heterocycles. The Hall–Kier alpha value is -1.56. The van der Waals surface area contributed by atoms with E-state index in [-0.39, 0.29) is 11.9 Å². The van der Waals surface area contributed by atoms with Crippen LogP contribution in [0.4, 0.5) is 5.69 Å². The summed E-state index contributed by atoms with van der Waals surface area (Å²) in [5.41, 5.74) is 1.57. The zero-order valence-electron chi connectivity index (χ0n) is 13.8. The lowest BCUT2D eigenvalue weighted by molar-refractivity contribution is -0.121. The molecule has 1 N–H and O–H groups in total. The fraction of sp³-hybridized carbons (Fsp3) is 0.562. The molecule has 0 aliphatic rings. The lowest BCUT2D eigenvalue weighted by Crippen LogP contribution is -2.34. The van der Waals surface area contributed by atoms with Crippen LogP contribution in [0.25, 0.3) is 0 Å². The Morgan fingerprint density at radius 1 is 1.32 bits per heavy atom. The summed E-state index contributed by atoms with van der Waals surface area (Å²) < 4.78 is 25.4. The summed E-state index contributed by atoms with van der Waals surface area (Å²) in [6.07, 6.45) is 2.88. The highest BCUT2D eigenvalue weighted by Gasteiger charge is 2.19. The van der Waals surface area contributed by atoms with Gasteiger partial charge < -0.3 is 5.32 Å². The summed E-state index contributed by atoms with van der Waals surface area (Å²) in [4.78, 5) is 11.8. The number of carbonyl (C=O) groups is 1. The van der Waals surface area contributed by atoms with Crippen molar-refractivity contribution in [2.24, 2.45) is 0 Å². The maximum atomic E-state index is 12.0. The zero-order valence-corrected chi connectivity index (χ0v) is 14.6. The molecule has 0 aliphatic heterocycles. The molecule has 124 valence electrons. The van der Waals surface area contributed by atoms with Crippen LogP contribution in [0.5, 0.6) is 0 Å². The molecule has 0 spiro atoms. The summed E-state index contributed by atoms with van der Waals surface area (Å²) in [6.45, 7) is 6.14. The molecule has 0 heterocycles. The molecule has 1 aromatic carbocycles. The first-order chi connectivity index (χ1) is 10.3. The molecule has 22 heavy (non-hydrogen) atoms. The SMILES string of the molecule is CCC(C)NC(=O)CCCN(c1ccccc1C)S(C)(=O)=O. The van der Waals surface area contributed by atoms with Crippen molar-refractivity contribution < 1.29 is 13.2 Å². The molecule has 6 heteroatoms. The van der Waals surface area contributed by atoms with Crippen LogP contribution < -0.4 is 9.62 Å². The molecule has 1 aromatic rings. The Morgan fingerprint density at radius 2 is 1.95 bits per heavy atom. The number of amides is 1. The van der Waals surface area contributed by atoms with E-state index in [1.165, 1.54) is 10.6 Å². The summed E-state index contributed by atoms with van der Waals surface area (Å²) in [7, 11) is -3.36. The van der Waals surface area contributed by atoms with E-state index in [0.29, 0.717) is 25.1 Å². The fourth-order valence-corrected chi connectivity index (χ4v) is 3.16. The number of hydrogen-bond donors (Lipinski definition) is 1. The first-order valence-electron chi connectivity index (χ1n) is 7.58. The Labute approximate surface area is 133 Å². The first-order valence-corrected chi connectivity index (χ1v) is 9.43. The van der Waals surface area contributed by atoms with Crippen molar-refractivity contribution in [1.29, 1.82) is 0 Å². The normalized spacial score (nSPS) is 12.7. The third kappa shape index (κ3) is 5.67. The van der Waals surface area contributed by atoms with Gasteiger partial charge in [0.15, 0.2) is 0 Å². The van der Waals surface area contributed by atoms with Crippen LogP contribution in [0.1, 0.15) is 38.7 Å². The van der Waals surface area contributed by atoms with Gasteiger partial charge in [0.2, 0.25) is 15.9 Å². The Kier molecular flexibility index (Phi) is 6.87. The molecule has 0 bridgehead atoms. The molecule has 0 saturated carbocycles. The number of benzene rings is 1. The number of anilines is 1. The van der Waals surface area contributed by atoms with Crippen molar-refractivity contribution in [3.8, 4) is 0 Å². The Morgan fingerprint density at radius 3 is 2.50 bits per heavy atom. The van der Waals surface area contributed by atoms with Crippen LogP contribution >= 0.6 is 0 Å². The van der Waals surface area contributed by atoms with Crippen LogP contribution in [0.15, 0.2) is 24.3 Å². The largest absolute Gasteiger partial charge is 0.354 e. The number of aryl methyl sites for hydroxylation is 1. The van der Waals surface area contributed by atoms with Crippen molar-refractivity contribution in [2.45, 2.75) is 46.1 Å². The van der Waals surface area contributed by atoms with Gasteiger partial charge in [0, 0.05) is 19.0 Å². The summed E-state index contributed by atoms with van der Waals surface area (Å²) in [5.74, 6) is -0.0346. The molecular weight excluding hydrogens is 300 g/mol. The molecule has 1 amide bonds. The predicted molar refractivity (Wildman–Crippen MR) is 90.5 cm³/mol. The first kappa shape index (κ1) is 18.5. The van der Waals surface area contributed by atoms with Crippen LogP contribution in [0.3, 0.4) is 0 Å². The highest BCUT2D eigenvalue weighted by molar-refractivity contribution is 7.92. The summed E-state index contributed by atoms with van der Waals surface area (Å²) in [6, 6.07) is 7.50. The van der Waals surface area contributed by atoms with Gasteiger partial charge in [-0.3, -0.25) is 9.10 Å². The molecule has 0 radical (unpaired) electrons. The van der Waals surface area contributed by atoms with E-state index in [1.807, 2.05) is 39.0 Å². The van der Waals surface area contributed by atoms with Crippen molar-refractivity contribution >= 4 is 21.6 Å². The zero-order chi connectivity index (χ0) is 16.8. The molecule has 1 atom stereocenters. The number of rotatable bonds is 8. The van der Waals surface area contributed by atoms with Crippen LogP contribution in [-0.4, -0.2) is 33.2 Å². The van der Waals surface area contributed by atoms with E-state index in [4.69, 9.17) is 0 Å². The van der Waals surface area contributed by atoms with Gasteiger partial charge in [-0.05, 0) is 38.3 Å². The van der Waals surface area contributed by atoms with Crippen molar-refractivity contribution in [2.75, 3.05) is 17.1 Å². The number of para-hydroxylation sites is 1. The lowest BCUT2D eigenvalue weighted by Gasteiger charge is -2.24. The highest BCUT2D eigenvalue weighted by atomic mass is 32.2. The quantitative estimate of drug-likeness (QED) is 0.798. The number of hydrogen-bond acceptors (Lipinski definition) is 3. The summed E-state index contributed by atoms with van der Waals surface area (Å²) in [5, 5.41) is 2.89. The van der Waals surface area contributed by atoms with Gasteiger partial charge in [-0.2, -0.15) is 0 Å². The average Bonchev–Trinajstić information content (AvgIpc) is 2.43. The van der Waals surface area contributed by atoms with Crippen LogP contribution in [0, 0.1) is 6.92 Å². The predicted octanol–water partition coefficient (Wildman–Crippen LogP) is 2.46. The lowest BCUT2D eigenvalue weighted by atomic mass is 10.2. The number of nitrogens with zero attached hydrogens (tertiary/aromatic N) is 1. The van der Waals surface area contributed by atoms with Crippen LogP contribution in [0.2, 0.25) is 0 Å². The Balaban J connectivity index is 2.70. The number of sulfonamides is 1. The van der Waals surface area contributed by atoms with Gasteiger partial charge >= 0.3 is 0 Å². The maximum Gasteiger partial charge on any atom is 0.232 e. The van der Waals surface area contributed by atoms with Gasteiger partial charge in [-0.1, -0.05) is 25.1 Å². The minimum atomic E-state index is -3.36. The summed E-state index contributed by atoms with van der Waals surface area (Å²) >= 11 is 0. The van der Waals surface area contributed by atoms with E-state index in [1.54, 1.807) is 6.07 Å². The minimum Gasteiger partial charge on any atom is -0.354 e. The van der Waals surface area contributed by atoms with E-state index < -0.39 is 10.0 Å². The second-order valence-corrected chi connectivity index (χ2v) is 7.51. The maximum absolute atomic E-state index is 12.0. The molecule has 0 fully saturated rings. The smallest absolute Gasteiger partial charge is 0.232 e. The van der Waals surface area contributed by atoms with Crippen molar-refractivity contribution in [1.82, 2.24) is 5.32 Å². The van der Waals surface area contributed by atoms with Gasteiger partial charge in [0.05, 0.1) is 11.9 Å². The van der Waals surface area contributed by atoms with Gasteiger partial charge in [0.1, 0.15) is 0 Å². The fourth-order valence-electron chi connectivity index (χ4n) is 2.14. The minimum absolute atomic E-state index is 0.0346. The van der Waals surface area contributed by atoms with Crippen molar-refractivity contribution in [3.63, 3.8) is 0 Å². The average molecular weight is 326 g/mol. The van der Waals surface area contributed by atoms with Gasteiger partial charge in [-0.15, -0.1) is 0 Å². The molecule has 1 unspecified atom stereocenters. The van der Waals surface area contributed by atoms with E-state index >= 15 is 0 Å². The standard InChI is InChI=1S/C16H26N2O3S/c1-5-14(3)17-16(19)11-8-12-18(22(4,20)21)15-10-7-6-9-13(15)2/h6-7,9-10,14H,5,8,11-12H2,1-4H3,(H,17,19). The molecule has 0 aliphatic carbocycles. The Bertz CT molecular complexity index is 599. The molecular formula is C16H26N2O3S. The van der Waals surface area contributed by atoms with E-state index in [9.17, 15) is 13.2 Å². The van der Waals surface area contributed by atoms with Gasteiger partial charge in [-0.25, -0.2) is 8.42 Å². The topological polar surface area (TPSA) is 66.5 Å². The number of nitrogens with one attached hydrogen (secondary N) is 1. The van der Waals surface area contributed by atoms with Gasteiger partial charge in [0.25, 0.3) is 0 Å². The molecule has 0 aromatic heterocycles. The van der Waals surface area contributed by atoms with Crippen molar-refractivity contribution in [3.05, 3.63) is 29.8 Å². The monoisotopic (exact) mass is 326 g/mol. The van der Waals surface area contributed by atoms with E-state index in [0.717, 1.165) is 12.0 Å². The second-order valence-electron chi connectivity index (χ2n) is 5.60. The third-order valence-electron chi connectivity index (χ3n) is 3.57. The highest BCUT2D eigenvalue weighted by Crippen LogP contribution is 2.22. The van der Waals surface area contributed by atoms with Crippen LogP contribution in [-0.2, 0) is 14.8 Å². The number of carbonyl (C=O) groups excluding carboxylic acids is 1. The molecule has 1 rings (SSSR count). The van der Waals surface area contributed by atoms with E-state index in [2.05, 4.69) is 5.32 Å². The second kappa shape index (κ2) is 8.17.